The Kier molecular flexibility index (Phi) is 7.56. The Hall–Kier alpha value is -3.20. The summed E-state index contributed by atoms with van der Waals surface area (Å²) in [7, 11) is 0. The summed E-state index contributed by atoms with van der Waals surface area (Å²) in [4.78, 5) is 14.3. The number of aryl methyl sites for hydroxylation is 1. The number of aliphatic hydroxyl groups excluding tert-OH is 1. The summed E-state index contributed by atoms with van der Waals surface area (Å²) in [6, 6.07) is 10.5. The summed E-state index contributed by atoms with van der Waals surface area (Å²) in [6.07, 6.45) is 10.0. The molecular weight excluding hydrogens is 565 g/mol. The van der Waals surface area contributed by atoms with Crippen LogP contribution >= 0.6 is 11.6 Å². The maximum absolute atomic E-state index is 16.6. The van der Waals surface area contributed by atoms with Gasteiger partial charge >= 0.3 is 6.01 Å². The molecule has 2 unspecified atom stereocenters. The van der Waals surface area contributed by atoms with E-state index in [0.29, 0.717) is 35.5 Å². The van der Waals surface area contributed by atoms with E-state index in [0.717, 1.165) is 63.0 Å². The Morgan fingerprint density at radius 1 is 1.16 bits per heavy atom. The van der Waals surface area contributed by atoms with Crippen molar-refractivity contribution in [1.29, 1.82) is 0 Å². The lowest BCUT2D eigenvalue weighted by Crippen LogP contribution is -2.51. The molecule has 5 heterocycles. The second-order valence-corrected chi connectivity index (χ2v) is 13.2. The molecule has 226 valence electrons. The van der Waals surface area contributed by atoms with E-state index in [1.807, 2.05) is 31.2 Å². The largest absolute Gasteiger partial charge is 0.508 e. The molecule has 0 aliphatic carbocycles. The van der Waals surface area contributed by atoms with Crippen LogP contribution in [0.3, 0.4) is 0 Å². The number of anilines is 1. The molecular formula is C34H39ClFN5O2. The maximum Gasteiger partial charge on any atom is 0.319 e. The zero-order valence-electron chi connectivity index (χ0n) is 24.9. The van der Waals surface area contributed by atoms with Crippen LogP contribution in [0.25, 0.3) is 22.6 Å². The summed E-state index contributed by atoms with van der Waals surface area (Å²) >= 11 is 6.79. The van der Waals surface area contributed by atoms with E-state index in [9.17, 15) is 5.11 Å². The molecule has 0 radical (unpaired) electrons. The Morgan fingerprint density at radius 3 is 2.60 bits per heavy atom. The quantitative estimate of drug-likeness (QED) is 0.230. The minimum absolute atomic E-state index is 0.0167. The van der Waals surface area contributed by atoms with Crippen LogP contribution in [-0.2, 0) is 0 Å². The maximum atomic E-state index is 16.6. The molecule has 2 bridgehead atoms. The van der Waals surface area contributed by atoms with Crippen LogP contribution in [0, 0.1) is 12.7 Å². The van der Waals surface area contributed by atoms with Crippen LogP contribution in [0.5, 0.6) is 6.01 Å². The van der Waals surface area contributed by atoms with Crippen LogP contribution in [0.2, 0.25) is 5.02 Å². The first-order chi connectivity index (χ1) is 20.8. The van der Waals surface area contributed by atoms with Gasteiger partial charge in [-0.25, -0.2) is 4.39 Å². The van der Waals surface area contributed by atoms with Gasteiger partial charge in [-0.05, 0) is 100 Å². The van der Waals surface area contributed by atoms with Crippen molar-refractivity contribution in [1.82, 2.24) is 20.2 Å². The second kappa shape index (κ2) is 11.4. The van der Waals surface area contributed by atoms with Crippen LogP contribution in [0.1, 0.15) is 62.1 Å². The van der Waals surface area contributed by atoms with E-state index in [-0.39, 0.29) is 33.4 Å². The zero-order chi connectivity index (χ0) is 29.7. The van der Waals surface area contributed by atoms with Crippen molar-refractivity contribution in [2.75, 3.05) is 37.7 Å². The van der Waals surface area contributed by atoms with Crippen molar-refractivity contribution in [3.8, 4) is 6.01 Å². The highest BCUT2D eigenvalue weighted by Crippen LogP contribution is 2.41. The minimum Gasteiger partial charge on any atom is -0.508 e. The molecule has 9 heteroatoms. The molecule has 43 heavy (non-hydrogen) atoms. The molecule has 7 rings (SSSR count). The van der Waals surface area contributed by atoms with E-state index >= 15 is 4.39 Å². The standard InChI is InChI=1S/C34H39ClFN5O2/c1-21-7-3-4-8-23(21)16-26(42)15-22(2)29-28(35)17-27-31(30(29)36)38-33(43-20-34-11-5-13-41(34)14-6-12-34)39-32(27)40-18-24-9-10-25(19-40)37-24/h3-4,7-8,15-17,24-25,37,42H,5-6,9-14,18-20H2,1-2H3/b22-15+,26-16+. The molecule has 4 saturated heterocycles. The monoisotopic (exact) mass is 603 g/mol. The van der Waals surface area contributed by atoms with Crippen molar-refractivity contribution < 1.29 is 14.2 Å². The number of benzene rings is 2. The number of aliphatic hydroxyl groups is 1. The third-order valence-electron chi connectivity index (χ3n) is 9.89. The molecule has 0 amide bonds. The number of nitrogens with zero attached hydrogens (tertiary/aromatic N) is 4. The number of ether oxygens (including phenoxy) is 1. The van der Waals surface area contributed by atoms with Crippen LogP contribution < -0.4 is 15.0 Å². The van der Waals surface area contributed by atoms with Gasteiger partial charge in [0.1, 0.15) is 23.7 Å². The van der Waals surface area contributed by atoms with Crippen molar-refractivity contribution in [3.05, 3.63) is 69.7 Å². The summed E-state index contributed by atoms with van der Waals surface area (Å²) < 4.78 is 22.9. The Balaban J connectivity index is 1.28. The van der Waals surface area contributed by atoms with E-state index < -0.39 is 5.82 Å². The molecule has 2 N–H and O–H groups in total. The van der Waals surface area contributed by atoms with E-state index in [1.54, 1.807) is 25.1 Å². The van der Waals surface area contributed by atoms with Crippen molar-refractivity contribution in [3.63, 3.8) is 0 Å². The molecule has 3 aromatic rings. The number of halogens is 2. The first kappa shape index (κ1) is 28.6. The SMILES string of the molecule is C/C(=C\C(O)=C/c1ccccc1C)c1c(Cl)cc2c(N3CC4CCC(C3)N4)nc(OCC34CCCN3CCC4)nc2c1F. The van der Waals surface area contributed by atoms with Gasteiger partial charge in [0.25, 0.3) is 0 Å². The van der Waals surface area contributed by atoms with Crippen LogP contribution in [0.4, 0.5) is 10.2 Å². The minimum atomic E-state index is -0.534. The number of aromatic nitrogens is 2. The normalized spacial score (nSPS) is 23.8. The summed E-state index contributed by atoms with van der Waals surface area (Å²) in [5, 5.41) is 15.3. The van der Waals surface area contributed by atoms with E-state index in [4.69, 9.17) is 21.3 Å². The van der Waals surface area contributed by atoms with Gasteiger partial charge in [0.05, 0.1) is 10.6 Å². The van der Waals surface area contributed by atoms with Gasteiger partial charge in [0, 0.05) is 36.1 Å². The average molecular weight is 604 g/mol. The molecule has 1 aromatic heterocycles. The van der Waals surface area contributed by atoms with Crippen molar-refractivity contribution in [2.45, 2.75) is 70.0 Å². The van der Waals surface area contributed by atoms with Gasteiger partial charge in [0.2, 0.25) is 0 Å². The topological polar surface area (TPSA) is 73.8 Å². The van der Waals surface area contributed by atoms with Gasteiger partial charge in [-0.15, -0.1) is 0 Å². The van der Waals surface area contributed by atoms with Gasteiger partial charge < -0.3 is 20.1 Å². The molecule has 2 aromatic carbocycles. The molecule has 0 saturated carbocycles. The number of piperazine rings is 1. The predicted octanol–water partition coefficient (Wildman–Crippen LogP) is 6.68. The van der Waals surface area contributed by atoms with Crippen LogP contribution in [0.15, 0.2) is 42.2 Å². The van der Waals surface area contributed by atoms with E-state index in [1.165, 1.54) is 12.8 Å². The highest BCUT2D eigenvalue weighted by Gasteiger charge is 2.45. The third-order valence-corrected chi connectivity index (χ3v) is 10.2. The molecule has 4 aliphatic rings. The van der Waals surface area contributed by atoms with Crippen molar-refractivity contribution in [2.24, 2.45) is 0 Å². The Bertz CT molecular complexity index is 1600. The van der Waals surface area contributed by atoms with Crippen LogP contribution in [-0.4, -0.2) is 70.4 Å². The van der Waals surface area contributed by atoms with Gasteiger partial charge in [-0.3, -0.25) is 4.90 Å². The first-order valence-electron chi connectivity index (χ1n) is 15.5. The number of allylic oxidation sites excluding steroid dienone is 2. The molecule has 2 atom stereocenters. The molecule has 4 aliphatic heterocycles. The lowest BCUT2D eigenvalue weighted by atomic mass is 9.95. The number of nitrogens with one attached hydrogen (secondary N) is 1. The number of hydrogen-bond donors (Lipinski definition) is 2. The summed E-state index contributed by atoms with van der Waals surface area (Å²) in [6.45, 7) is 8.01. The predicted molar refractivity (Wildman–Crippen MR) is 170 cm³/mol. The highest BCUT2D eigenvalue weighted by molar-refractivity contribution is 6.33. The summed E-state index contributed by atoms with van der Waals surface area (Å²) in [5.74, 6) is 0.151. The Labute approximate surface area is 257 Å². The zero-order valence-corrected chi connectivity index (χ0v) is 25.6. The lowest BCUT2D eigenvalue weighted by Gasteiger charge is -2.35. The fourth-order valence-corrected chi connectivity index (χ4v) is 8.04. The number of rotatable bonds is 7. The Morgan fingerprint density at radius 2 is 1.88 bits per heavy atom. The third kappa shape index (κ3) is 5.38. The molecule has 4 fully saturated rings. The van der Waals surface area contributed by atoms with Gasteiger partial charge in [-0.1, -0.05) is 35.9 Å². The highest BCUT2D eigenvalue weighted by atomic mass is 35.5. The number of fused-ring (bicyclic) bond motifs is 4. The molecule has 0 spiro atoms. The van der Waals surface area contributed by atoms with Gasteiger partial charge in [-0.2, -0.15) is 9.97 Å². The first-order valence-corrected chi connectivity index (χ1v) is 15.9. The summed E-state index contributed by atoms with van der Waals surface area (Å²) in [5.41, 5.74) is 2.85. The van der Waals surface area contributed by atoms with Gasteiger partial charge in [0.15, 0.2) is 5.82 Å². The van der Waals surface area contributed by atoms with E-state index in [2.05, 4.69) is 20.1 Å². The number of hydrogen-bond acceptors (Lipinski definition) is 7. The average Bonchev–Trinajstić information content (AvgIpc) is 3.66. The lowest BCUT2D eigenvalue weighted by molar-refractivity contribution is 0.108. The molecule has 7 nitrogen and oxygen atoms in total. The fourth-order valence-electron chi connectivity index (χ4n) is 7.70. The second-order valence-electron chi connectivity index (χ2n) is 12.8. The smallest absolute Gasteiger partial charge is 0.319 e. The van der Waals surface area contributed by atoms with Crippen molar-refractivity contribution >= 4 is 40.0 Å². The fraction of sp³-hybridized carbons (Fsp3) is 0.471.